The van der Waals surface area contributed by atoms with E-state index in [4.69, 9.17) is 4.74 Å². The maximum atomic E-state index is 12.5. The largest absolute Gasteiger partial charge is 0.489 e. The molecule has 0 aromatic heterocycles. The molecule has 2 heterocycles. The van der Waals surface area contributed by atoms with Crippen molar-refractivity contribution in [2.24, 2.45) is 5.92 Å². The van der Waals surface area contributed by atoms with E-state index in [9.17, 15) is 4.79 Å². The zero-order valence-electron chi connectivity index (χ0n) is 13.9. The summed E-state index contributed by atoms with van der Waals surface area (Å²) in [6.07, 6.45) is 0. The summed E-state index contributed by atoms with van der Waals surface area (Å²) in [6, 6.07) is 16.0. The van der Waals surface area contributed by atoms with E-state index in [2.05, 4.69) is 23.3 Å². The van der Waals surface area contributed by atoms with Gasteiger partial charge in [0.1, 0.15) is 12.4 Å². The average Bonchev–Trinajstić information content (AvgIpc) is 2.93. The molecule has 1 saturated heterocycles. The van der Waals surface area contributed by atoms with Crippen molar-refractivity contribution in [1.82, 2.24) is 10.2 Å². The topological polar surface area (TPSA) is 41.6 Å². The number of likely N-dealkylation sites (N-methyl/N-ethyl adjacent to an activating group) is 1. The third-order valence-electron chi connectivity index (χ3n) is 5.07. The van der Waals surface area contributed by atoms with Crippen LogP contribution in [0.25, 0.3) is 0 Å². The first kappa shape index (κ1) is 15.2. The van der Waals surface area contributed by atoms with Gasteiger partial charge in [0, 0.05) is 31.1 Å². The van der Waals surface area contributed by atoms with Crippen LogP contribution in [-0.2, 0) is 6.61 Å². The summed E-state index contributed by atoms with van der Waals surface area (Å²) in [4.78, 5) is 14.8. The Labute approximate surface area is 142 Å². The summed E-state index contributed by atoms with van der Waals surface area (Å²) in [6.45, 7) is 3.31. The molecule has 4 heteroatoms. The fourth-order valence-corrected chi connectivity index (χ4v) is 3.85. The highest BCUT2D eigenvalue weighted by Gasteiger charge is 2.36. The Morgan fingerprint density at radius 2 is 2.00 bits per heavy atom. The summed E-state index contributed by atoms with van der Waals surface area (Å²) >= 11 is 0. The van der Waals surface area contributed by atoms with Crippen LogP contribution in [0.5, 0.6) is 5.75 Å². The molecule has 124 valence electrons. The highest BCUT2D eigenvalue weighted by Crippen LogP contribution is 2.36. The summed E-state index contributed by atoms with van der Waals surface area (Å²) in [5.74, 6) is 1.69. The molecule has 1 amide bonds. The van der Waals surface area contributed by atoms with E-state index in [1.807, 2.05) is 42.5 Å². The van der Waals surface area contributed by atoms with Crippen LogP contribution in [0.1, 0.15) is 27.4 Å². The molecule has 0 aliphatic carbocycles. The number of amides is 1. The van der Waals surface area contributed by atoms with E-state index < -0.39 is 0 Å². The van der Waals surface area contributed by atoms with Crippen LogP contribution in [0.3, 0.4) is 0 Å². The minimum Gasteiger partial charge on any atom is -0.489 e. The molecule has 2 aromatic rings. The van der Waals surface area contributed by atoms with Crippen LogP contribution < -0.4 is 10.1 Å². The SMILES string of the molecule is CN1CC2CNC(=O)c3cc(OCc4ccccc4)ccc3C2C1. The molecule has 0 saturated carbocycles. The van der Waals surface area contributed by atoms with E-state index in [0.29, 0.717) is 18.4 Å². The predicted octanol–water partition coefficient (Wildman–Crippen LogP) is 2.65. The standard InChI is InChI=1S/C20H22N2O2/c1-22-11-15-10-21-20(23)18-9-16(7-8-17(18)19(15)12-22)24-13-14-5-3-2-4-6-14/h2-9,15,19H,10-13H2,1H3,(H,21,23). The van der Waals surface area contributed by atoms with E-state index >= 15 is 0 Å². The third kappa shape index (κ3) is 2.89. The van der Waals surface area contributed by atoms with E-state index in [1.165, 1.54) is 0 Å². The van der Waals surface area contributed by atoms with Gasteiger partial charge in [-0.2, -0.15) is 0 Å². The van der Waals surface area contributed by atoms with Crippen molar-refractivity contribution in [3.8, 4) is 5.75 Å². The zero-order chi connectivity index (χ0) is 16.5. The lowest BCUT2D eigenvalue weighted by Crippen LogP contribution is -2.29. The Morgan fingerprint density at radius 1 is 1.17 bits per heavy atom. The number of carbonyl (C=O) groups is 1. The summed E-state index contributed by atoms with van der Waals surface area (Å²) < 4.78 is 5.89. The molecule has 1 fully saturated rings. The van der Waals surface area contributed by atoms with Gasteiger partial charge < -0.3 is 15.0 Å². The maximum Gasteiger partial charge on any atom is 0.251 e. The number of likely N-dealkylation sites (tertiary alicyclic amines) is 1. The maximum absolute atomic E-state index is 12.5. The van der Waals surface area contributed by atoms with Crippen molar-refractivity contribution in [1.29, 1.82) is 0 Å². The Morgan fingerprint density at radius 3 is 2.83 bits per heavy atom. The van der Waals surface area contributed by atoms with Gasteiger partial charge in [-0.1, -0.05) is 36.4 Å². The van der Waals surface area contributed by atoms with Gasteiger partial charge in [-0.05, 0) is 36.2 Å². The fourth-order valence-electron chi connectivity index (χ4n) is 3.85. The van der Waals surface area contributed by atoms with E-state index in [-0.39, 0.29) is 5.91 Å². The number of ether oxygens (including phenoxy) is 1. The van der Waals surface area contributed by atoms with Crippen LogP contribution in [-0.4, -0.2) is 37.5 Å². The van der Waals surface area contributed by atoms with Gasteiger partial charge in [-0.3, -0.25) is 4.79 Å². The average molecular weight is 322 g/mol. The molecule has 2 aliphatic heterocycles. The van der Waals surface area contributed by atoms with Gasteiger partial charge in [0.15, 0.2) is 0 Å². The number of rotatable bonds is 3. The fraction of sp³-hybridized carbons (Fsp3) is 0.350. The first-order valence-electron chi connectivity index (χ1n) is 8.48. The molecule has 2 atom stereocenters. The number of fused-ring (bicyclic) bond motifs is 3. The lowest BCUT2D eigenvalue weighted by Gasteiger charge is -2.17. The van der Waals surface area contributed by atoms with Gasteiger partial charge in [0.05, 0.1) is 0 Å². The van der Waals surface area contributed by atoms with Crippen molar-refractivity contribution >= 4 is 5.91 Å². The minimum atomic E-state index is 0.0206. The molecule has 2 aliphatic rings. The smallest absolute Gasteiger partial charge is 0.251 e. The van der Waals surface area contributed by atoms with Gasteiger partial charge in [-0.25, -0.2) is 0 Å². The van der Waals surface area contributed by atoms with Gasteiger partial charge >= 0.3 is 0 Å². The van der Waals surface area contributed by atoms with Crippen LogP contribution in [0.4, 0.5) is 0 Å². The minimum absolute atomic E-state index is 0.0206. The second-order valence-corrected chi connectivity index (χ2v) is 6.82. The molecule has 1 N–H and O–H groups in total. The summed E-state index contributed by atoms with van der Waals surface area (Å²) in [5, 5.41) is 3.07. The molecule has 4 nitrogen and oxygen atoms in total. The molecule has 0 spiro atoms. The zero-order valence-corrected chi connectivity index (χ0v) is 13.9. The molecular weight excluding hydrogens is 300 g/mol. The lowest BCUT2D eigenvalue weighted by atomic mass is 9.87. The molecule has 24 heavy (non-hydrogen) atoms. The number of nitrogens with zero attached hydrogens (tertiary/aromatic N) is 1. The number of hydrogen-bond acceptors (Lipinski definition) is 3. The highest BCUT2D eigenvalue weighted by atomic mass is 16.5. The summed E-state index contributed by atoms with van der Waals surface area (Å²) in [7, 11) is 2.15. The Hall–Kier alpha value is -2.33. The molecular formula is C20H22N2O2. The Balaban J connectivity index is 1.58. The van der Waals surface area contributed by atoms with Gasteiger partial charge in [-0.15, -0.1) is 0 Å². The lowest BCUT2D eigenvalue weighted by molar-refractivity contribution is 0.0951. The second kappa shape index (κ2) is 6.29. The first-order chi connectivity index (χ1) is 11.7. The van der Waals surface area contributed by atoms with Gasteiger partial charge in [0.25, 0.3) is 5.91 Å². The van der Waals surface area contributed by atoms with Crippen LogP contribution in [0.15, 0.2) is 48.5 Å². The monoisotopic (exact) mass is 322 g/mol. The van der Waals surface area contributed by atoms with E-state index in [1.54, 1.807) is 0 Å². The van der Waals surface area contributed by atoms with Crippen LogP contribution in [0, 0.1) is 5.92 Å². The normalized spacial score (nSPS) is 23.1. The quantitative estimate of drug-likeness (QED) is 0.944. The van der Waals surface area contributed by atoms with Crippen molar-refractivity contribution in [2.45, 2.75) is 12.5 Å². The van der Waals surface area contributed by atoms with Crippen molar-refractivity contribution < 1.29 is 9.53 Å². The third-order valence-corrected chi connectivity index (χ3v) is 5.07. The predicted molar refractivity (Wildman–Crippen MR) is 93.3 cm³/mol. The Bertz CT molecular complexity index is 745. The van der Waals surface area contributed by atoms with Crippen LogP contribution >= 0.6 is 0 Å². The Kier molecular flexibility index (Phi) is 3.98. The highest BCUT2D eigenvalue weighted by molar-refractivity contribution is 5.96. The number of nitrogens with one attached hydrogen (secondary N) is 1. The molecule has 2 unspecified atom stereocenters. The number of hydrogen-bond donors (Lipinski definition) is 1. The van der Waals surface area contributed by atoms with Crippen molar-refractivity contribution in [3.05, 3.63) is 65.2 Å². The number of carbonyl (C=O) groups excluding carboxylic acids is 1. The molecule has 4 rings (SSSR count). The van der Waals surface area contributed by atoms with Crippen molar-refractivity contribution in [2.75, 3.05) is 26.7 Å². The second-order valence-electron chi connectivity index (χ2n) is 6.82. The summed E-state index contributed by atoms with van der Waals surface area (Å²) in [5.41, 5.74) is 3.05. The molecule has 0 bridgehead atoms. The van der Waals surface area contributed by atoms with Gasteiger partial charge in [0.2, 0.25) is 0 Å². The molecule has 2 aromatic carbocycles. The van der Waals surface area contributed by atoms with Crippen molar-refractivity contribution in [3.63, 3.8) is 0 Å². The first-order valence-corrected chi connectivity index (χ1v) is 8.48. The van der Waals surface area contributed by atoms with E-state index in [0.717, 1.165) is 42.1 Å². The molecule has 0 radical (unpaired) electrons. The van der Waals surface area contributed by atoms with Crippen LogP contribution in [0.2, 0.25) is 0 Å². The number of benzene rings is 2.